The van der Waals surface area contributed by atoms with Crippen LogP contribution in [-0.2, 0) is 16.8 Å². The van der Waals surface area contributed by atoms with Crippen LogP contribution in [0.15, 0.2) is 121 Å². The van der Waals surface area contributed by atoms with Crippen molar-refractivity contribution in [3.8, 4) is 6.07 Å². The van der Waals surface area contributed by atoms with E-state index in [1.165, 1.54) is 22.8 Å². The molecule has 0 radical (unpaired) electrons. The van der Waals surface area contributed by atoms with Crippen molar-refractivity contribution in [2.45, 2.75) is 6.92 Å². The Morgan fingerprint density at radius 1 is 0.667 bits per heavy atom. The molecule has 0 N–H and O–H groups in total. The molecule has 0 aliphatic carbocycles. The van der Waals surface area contributed by atoms with Gasteiger partial charge in [-0.1, -0.05) is 91.0 Å². The van der Waals surface area contributed by atoms with Gasteiger partial charge in [0.1, 0.15) is 0 Å². The number of nitrogens with zero attached hydrogens (tertiary/aromatic N) is 1. The molecule has 0 spiro atoms. The molecule has 0 unspecified atom stereocenters. The molecule has 0 saturated carbocycles. The minimum Gasteiger partial charge on any atom is -1.00 e. The van der Waals surface area contributed by atoms with Crippen LogP contribution in [0.1, 0.15) is 6.92 Å². The molecule has 0 aliphatic rings. The van der Waals surface area contributed by atoms with Crippen molar-refractivity contribution in [1.29, 1.82) is 5.26 Å². The fourth-order valence-electron chi connectivity index (χ4n) is 2.50. The van der Waals surface area contributed by atoms with Crippen LogP contribution in [0.4, 0.5) is 13.2 Å². The van der Waals surface area contributed by atoms with Crippen molar-refractivity contribution in [3.63, 3.8) is 0 Å². The maximum atomic E-state index is 9.58. The van der Waals surface area contributed by atoms with Gasteiger partial charge in [-0.3, -0.25) is 0 Å². The van der Waals surface area contributed by atoms with Crippen LogP contribution in [0.2, 0.25) is 0 Å². The third-order valence-electron chi connectivity index (χ3n) is 3.60. The van der Waals surface area contributed by atoms with Crippen molar-refractivity contribution in [2.24, 2.45) is 0 Å². The zero-order chi connectivity index (χ0) is 22.7. The minimum atomic E-state index is -3.08. The zero-order valence-corrected chi connectivity index (χ0v) is 19.7. The van der Waals surface area contributed by atoms with Gasteiger partial charge in [0.2, 0.25) is 0 Å². The number of nitriles is 1. The summed E-state index contributed by atoms with van der Waals surface area (Å²) < 4.78 is 28.8. The predicted molar refractivity (Wildman–Crippen MR) is 125 cm³/mol. The van der Waals surface area contributed by atoms with Gasteiger partial charge in [0.25, 0.3) is 0 Å². The molecule has 0 amide bonds. The fourth-order valence-corrected chi connectivity index (χ4v) is 4.80. The van der Waals surface area contributed by atoms with Crippen LogP contribution in [0.25, 0.3) is 0 Å². The van der Waals surface area contributed by atoms with Gasteiger partial charge in [0, 0.05) is 6.92 Å². The first-order chi connectivity index (χ1) is 15.1. The van der Waals surface area contributed by atoms with Crippen molar-refractivity contribution in [2.75, 3.05) is 0 Å². The summed E-state index contributed by atoms with van der Waals surface area (Å²) in [7, 11) is -0.446. The molecule has 174 valence electrons. The van der Waals surface area contributed by atoms with E-state index in [2.05, 4.69) is 91.0 Å². The third kappa shape index (κ3) is 14.8. The van der Waals surface area contributed by atoms with Crippen LogP contribution in [0.5, 0.6) is 0 Å². The molecule has 4 rings (SSSR count). The second-order valence-electron chi connectivity index (χ2n) is 5.74. The molecule has 0 aromatic heterocycles. The Labute approximate surface area is 204 Å². The second-order valence-corrected chi connectivity index (χ2v) is 7.96. The van der Waals surface area contributed by atoms with E-state index >= 15 is 0 Å². The van der Waals surface area contributed by atoms with Gasteiger partial charge in [0.15, 0.2) is 6.68 Å². The van der Waals surface area contributed by atoms with E-state index in [1.807, 2.05) is 30.3 Å². The van der Waals surface area contributed by atoms with E-state index in [-0.39, 0.29) is 21.5 Å². The summed E-state index contributed by atoms with van der Waals surface area (Å²) >= 11 is 0. The zero-order valence-electron chi connectivity index (χ0n) is 17.8. The topological polar surface area (TPSA) is 23.8 Å². The van der Waals surface area contributed by atoms with Gasteiger partial charge >= 0.3 is 16.8 Å². The summed E-state index contributed by atoms with van der Waals surface area (Å²) in [6, 6.07) is 44.1. The van der Waals surface area contributed by atoms with Crippen LogP contribution in [0, 0.1) is 18.0 Å². The number of hydrogen-bond acceptors (Lipinski definition) is 1. The average molecular weight is 515 g/mol. The van der Waals surface area contributed by atoms with Gasteiger partial charge in [-0.15, -0.1) is 0 Å². The first-order valence-electron chi connectivity index (χ1n) is 9.36. The second kappa shape index (κ2) is 21.0. The number of benzene rings is 3. The Morgan fingerprint density at radius 3 is 1.09 bits per heavy atom. The molecule has 4 aromatic carbocycles. The quantitative estimate of drug-likeness (QED) is 0.232. The van der Waals surface area contributed by atoms with E-state index in [1.54, 1.807) is 6.07 Å². The van der Waals surface area contributed by atoms with Crippen LogP contribution >= 0.6 is 7.92 Å². The van der Waals surface area contributed by atoms with Crippen molar-refractivity contribution in [1.82, 2.24) is 0 Å². The summed E-state index contributed by atoms with van der Waals surface area (Å²) in [6.45, 7) is -1.65. The van der Waals surface area contributed by atoms with E-state index in [0.29, 0.717) is 0 Å². The molecule has 0 aliphatic heterocycles. The van der Waals surface area contributed by atoms with Crippen LogP contribution in [-0.4, -0.2) is 0 Å². The Balaban J connectivity index is 0. The van der Waals surface area contributed by atoms with Gasteiger partial charge in [-0.25, -0.2) is 12.1 Å². The molecule has 0 atom stereocenters. The first kappa shape index (κ1) is 32.3. The molecule has 0 fully saturated rings. The van der Waals surface area contributed by atoms with Gasteiger partial charge in [0.05, 0.1) is 6.07 Å². The van der Waals surface area contributed by atoms with Crippen molar-refractivity contribution < 1.29 is 34.7 Å². The maximum Gasteiger partial charge on any atom is 3.00 e. The number of hydrogen-bond donors (Lipinski definition) is 0. The van der Waals surface area contributed by atoms with Crippen molar-refractivity contribution in [3.05, 3.63) is 128 Å². The Bertz CT molecular complexity index is 834. The molecule has 33 heavy (non-hydrogen) atoms. The number of halogens is 4. The minimum absolute atomic E-state index is 0. The molecule has 0 saturated heterocycles. The van der Waals surface area contributed by atoms with Gasteiger partial charge < -0.3 is 17.9 Å². The summed E-state index contributed by atoms with van der Waals surface area (Å²) in [6.07, 6.45) is 0. The SMILES string of the molecule is CC#N.F[C-](F)F.[Co+3].[F-].c1cc[cH-]c1.c1ccc(P(c2ccccc2)c2ccccc2)cc1. The monoisotopic (exact) mass is 515 g/mol. The molecule has 1 nitrogen and oxygen atoms in total. The smallest absolute Gasteiger partial charge is 1.00 e. The summed E-state index contributed by atoms with van der Waals surface area (Å²) in [5.41, 5.74) is 0. The molecular weight excluding hydrogens is 492 g/mol. The normalized spacial score (nSPS) is 8.64. The van der Waals surface area contributed by atoms with Crippen LogP contribution in [0.3, 0.4) is 0 Å². The van der Waals surface area contributed by atoms with Gasteiger partial charge in [-0.2, -0.15) is 23.5 Å². The first-order valence-corrected chi connectivity index (χ1v) is 10.7. The Kier molecular flexibility index (Phi) is 20.6. The fraction of sp³-hybridized carbons (Fsp3) is 0.0385. The van der Waals surface area contributed by atoms with E-state index in [4.69, 9.17) is 5.26 Å². The predicted octanol–water partition coefficient (Wildman–Crippen LogP) is 3.72. The summed E-state index contributed by atoms with van der Waals surface area (Å²) in [4.78, 5) is 0. The third-order valence-corrected chi connectivity index (χ3v) is 6.04. The Hall–Kier alpha value is -2.84. The summed E-state index contributed by atoms with van der Waals surface area (Å²) in [5, 5.41) is 11.5. The number of rotatable bonds is 3. The van der Waals surface area contributed by atoms with E-state index in [9.17, 15) is 13.2 Å². The van der Waals surface area contributed by atoms with Crippen molar-refractivity contribution >= 4 is 23.8 Å². The molecule has 0 heterocycles. The van der Waals surface area contributed by atoms with E-state index in [0.717, 1.165) is 0 Å². The molecule has 0 bridgehead atoms. The van der Waals surface area contributed by atoms with Crippen LogP contribution < -0.4 is 20.6 Å². The standard InChI is InChI=1S/C18H15P.C5H5.C2H3N.CF3.Co.FH/c1-4-10-16(11-5-1)19(17-12-6-2-7-13-17)18-14-8-3-9-15-18;1-2-4-5-3-1;1-2-3;2-1(3)4;;/h1-15H;1-5H;1H3;;;1H/q;-1;;-1;+3;/p-1. The Morgan fingerprint density at radius 2 is 0.909 bits per heavy atom. The molecular formula is C26H23CoF4NP. The summed E-state index contributed by atoms with van der Waals surface area (Å²) in [5.74, 6) is 0. The maximum absolute atomic E-state index is 9.58. The largest absolute Gasteiger partial charge is 3.00 e. The van der Waals surface area contributed by atoms with Gasteiger partial charge in [-0.05, 0) is 23.8 Å². The molecule has 4 aromatic rings. The average Bonchev–Trinajstić information content (AvgIpc) is 3.37. The molecule has 7 heteroatoms. The van der Waals surface area contributed by atoms with E-state index < -0.39 is 14.6 Å².